The van der Waals surface area contributed by atoms with Gasteiger partial charge in [-0.3, -0.25) is 9.59 Å². The fourth-order valence-electron chi connectivity index (χ4n) is 2.31. The Morgan fingerprint density at radius 1 is 1.26 bits per heavy atom. The number of carbonyl (C=O) groups is 2. The van der Waals surface area contributed by atoms with E-state index in [1.807, 2.05) is 45.0 Å². The van der Waals surface area contributed by atoms with E-state index in [4.69, 9.17) is 4.42 Å². The van der Waals surface area contributed by atoms with Crippen LogP contribution in [0.15, 0.2) is 28.7 Å². The largest absolute Gasteiger partial charge is 0.418 e. The molecule has 1 aromatic carbocycles. The standard InChI is InChI=1S/C17H21N3O3/c1-10(2)15(18-12(4)21)16(22)17-20-19-14(23-17)9-13-7-5-6-11(3)8-13/h5-8,10,15H,9H2,1-4H3,(H,18,21)/t15-/m0/s1. The van der Waals surface area contributed by atoms with E-state index >= 15 is 0 Å². The quantitative estimate of drug-likeness (QED) is 0.827. The monoisotopic (exact) mass is 315 g/mol. The summed E-state index contributed by atoms with van der Waals surface area (Å²) in [5, 5.41) is 10.4. The molecule has 6 heteroatoms. The van der Waals surface area contributed by atoms with E-state index in [9.17, 15) is 9.59 Å². The fourth-order valence-corrected chi connectivity index (χ4v) is 2.31. The summed E-state index contributed by atoms with van der Waals surface area (Å²) in [6.45, 7) is 7.08. The predicted octanol–water partition coefficient (Wildman–Crippen LogP) is 2.31. The molecule has 0 fully saturated rings. The van der Waals surface area contributed by atoms with Crippen LogP contribution in [0.25, 0.3) is 0 Å². The van der Waals surface area contributed by atoms with E-state index in [1.54, 1.807) is 0 Å². The lowest BCUT2D eigenvalue weighted by molar-refractivity contribution is -0.119. The van der Waals surface area contributed by atoms with Gasteiger partial charge in [-0.15, -0.1) is 10.2 Å². The minimum atomic E-state index is -0.667. The van der Waals surface area contributed by atoms with Gasteiger partial charge in [-0.1, -0.05) is 43.7 Å². The van der Waals surface area contributed by atoms with Gasteiger partial charge in [-0.2, -0.15) is 0 Å². The van der Waals surface area contributed by atoms with Gasteiger partial charge in [0.2, 0.25) is 17.6 Å². The van der Waals surface area contributed by atoms with Crippen LogP contribution in [-0.2, 0) is 11.2 Å². The molecule has 1 N–H and O–H groups in total. The van der Waals surface area contributed by atoms with Crippen LogP contribution in [0.5, 0.6) is 0 Å². The number of hydrogen-bond donors (Lipinski definition) is 1. The van der Waals surface area contributed by atoms with Crippen LogP contribution >= 0.6 is 0 Å². The second-order valence-electron chi connectivity index (χ2n) is 5.95. The molecule has 0 radical (unpaired) electrons. The predicted molar refractivity (Wildman–Crippen MR) is 85.1 cm³/mol. The van der Waals surface area contributed by atoms with Crippen molar-refractivity contribution in [2.45, 2.75) is 40.2 Å². The summed E-state index contributed by atoms with van der Waals surface area (Å²) >= 11 is 0. The molecule has 1 aromatic heterocycles. The number of hydrogen-bond acceptors (Lipinski definition) is 5. The van der Waals surface area contributed by atoms with Gasteiger partial charge >= 0.3 is 0 Å². The van der Waals surface area contributed by atoms with Gasteiger partial charge < -0.3 is 9.73 Å². The molecule has 0 saturated heterocycles. The van der Waals surface area contributed by atoms with Crippen LogP contribution in [0.2, 0.25) is 0 Å². The van der Waals surface area contributed by atoms with Crippen LogP contribution in [0, 0.1) is 12.8 Å². The number of aryl methyl sites for hydroxylation is 1. The fraction of sp³-hybridized carbons (Fsp3) is 0.412. The van der Waals surface area contributed by atoms with E-state index in [0.29, 0.717) is 12.3 Å². The number of rotatable bonds is 6. The summed E-state index contributed by atoms with van der Waals surface area (Å²) in [6, 6.07) is 7.29. The molecular formula is C17H21N3O3. The first-order valence-corrected chi connectivity index (χ1v) is 7.56. The normalized spacial score (nSPS) is 12.2. The van der Waals surface area contributed by atoms with Crippen LogP contribution < -0.4 is 5.32 Å². The Kier molecular flexibility index (Phi) is 5.26. The molecule has 0 aliphatic carbocycles. The van der Waals surface area contributed by atoms with Gasteiger partial charge in [-0.05, 0) is 18.4 Å². The number of nitrogens with zero attached hydrogens (tertiary/aromatic N) is 2. The number of benzene rings is 1. The summed E-state index contributed by atoms with van der Waals surface area (Å²) in [7, 11) is 0. The first-order chi connectivity index (χ1) is 10.9. The van der Waals surface area contributed by atoms with E-state index in [1.165, 1.54) is 6.92 Å². The van der Waals surface area contributed by atoms with Crippen molar-refractivity contribution in [2.24, 2.45) is 5.92 Å². The van der Waals surface area contributed by atoms with Crippen LogP contribution in [-0.4, -0.2) is 27.9 Å². The van der Waals surface area contributed by atoms with Crippen molar-refractivity contribution in [1.29, 1.82) is 0 Å². The smallest absolute Gasteiger partial charge is 0.286 e. The topological polar surface area (TPSA) is 85.1 Å². The van der Waals surface area contributed by atoms with Crippen LogP contribution in [0.4, 0.5) is 0 Å². The number of carbonyl (C=O) groups excluding carboxylic acids is 2. The van der Waals surface area contributed by atoms with Crippen molar-refractivity contribution in [3.8, 4) is 0 Å². The SMILES string of the molecule is CC(=O)N[C@H](C(=O)c1nnc(Cc2cccc(C)c2)o1)C(C)C. The van der Waals surface area contributed by atoms with Crippen molar-refractivity contribution in [3.63, 3.8) is 0 Å². The molecule has 0 aliphatic heterocycles. The molecular weight excluding hydrogens is 294 g/mol. The highest BCUT2D eigenvalue weighted by atomic mass is 16.4. The number of Topliss-reactive ketones (excluding diaryl/α,β-unsaturated/α-hetero) is 1. The van der Waals surface area contributed by atoms with E-state index in [0.717, 1.165) is 11.1 Å². The van der Waals surface area contributed by atoms with Crippen molar-refractivity contribution >= 4 is 11.7 Å². The molecule has 2 rings (SSSR count). The minimum Gasteiger partial charge on any atom is -0.418 e. The number of amides is 1. The Morgan fingerprint density at radius 3 is 2.61 bits per heavy atom. The third-order valence-electron chi connectivity index (χ3n) is 3.42. The lowest BCUT2D eigenvalue weighted by atomic mass is 10.00. The van der Waals surface area contributed by atoms with E-state index in [2.05, 4.69) is 15.5 Å². The number of aromatic nitrogens is 2. The summed E-state index contributed by atoms with van der Waals surface area (Å²) in [4.78, 5) is 23.7. The average molecular weight is 315 g/mol. The Bertz CT molecular complexity index is 707. The Labute approximate surface area is 135 Å². The van der Waals surface area contributed by atoms with Crippen LogP contribution in [0.3, 0.4) is 0 Å². The van der Waals surface area contributed by atoms with E-state index < -0.39 is 6.04 Å². The van der Waals surface area contributed by atoms with Gasteiger partial charge in [0.05, 0.1) is 12.5 Å². The maximum atomic E-state index is 12.4. The van der Waals surface area contributed by atoms with Gasteiger partial charge in [0.1, 0.15) is 0 Å². The van der Waals surface area contributed by atoms with Crippen LogP contribution in [0.1, 0.15) is 48.5 Å². The molecule has 122 valence electrons. The minimum absolute atomic E-state index is 0.0693. The second kappa shape index (κ2) is 7.17. The van der Waals surface area contributed by atoms with Gasteiger partial charge in [-0.25, -0.2) is 0 Å². The summed E-state index contributed by atoms with van der Waals surface area (Å²) in [5.41, 5.74) is 2.18. The Hall–Kier alpha value is -2.50. The summed E-state index contributed by atoms with van der Waals surface area (Å²) in [5.74, 6) is -0.391. The molecule has 0 spiro atoms. The molecule has 0 unspecified atom stereocenters. The molecule has 1 heterocycles. The van der Waals surface area contributed by atoms with Gasteiger partial charge in [0, 0.05) is 6.92 Å². The molecule has 23 heavy (non-hydrogen) atoms. The molecule has 0 saturated carbocycles. The zero-order chi connectivity index (χ0) is 17.0. The first kappa shape index (κ1) is 16.9. The molecule has 0 aliphatic rings. The Morgan fingerprint density at radius 2 is 2.00 bits per heavy atom. The first-order valence-electron chi connectivity index (χ1n) is 7.56. The third-order valence-corrected chi connectivity index (χ3v) is 3.42. The highest BCUT2D eigenvalue weighted by Crippen LogP contribution is 2.13. The average Bonchev–Trinajstić information content (AvgIpc) is 2.92. The van der Waals surface area contributed by atoms with Crippen molar-refractivity contribution in [1.82, 2.24) is 15.5 Å². The van der Waals surface area contributed by atoms with E-state index in [-0.39, 0.29) is 23.5 Å². The number of nitrogens with one attached hydrogen (secondary N) is 1. The molecule has 2 aromatic rings. The summed E-state index contributed by atoms with van der Waals surface area (Å²) in [6.07, 6.45) is 0.467. The van der Waals surface area contributed by atoms with Crippen molar-refractivity contribution < 1.29 is 14.0 Å². The second-order valence-corrected chi connectivity index (χ2v) is 5.95. The molecule has 1 atom stereocenters. The highest BCUT2D eigenvalue weighted by Gasteiger charge is 2.28. The van der Waals surface area contributed by atoms with Crippen molar-refractivity contribution in [2.75, 3.05) is 0 Å². The maximum Gasteiger partial charge on any atom is 0.286 e. The Balaban J connectivity index is 2.14. The van der Waals surface area contributed by atoms with Gasteiger partial charge in [0.25, 0.3) is 5.89 Å². The van der Waals surface area contributed by atoms with Crippen molar-refractivity contribution in [3.05, 3.63) is 47.2 Å². The molecule has 0 bridgehead atoms. The number of ketones is 1. The lowest BCUT2D eigenvalue weighted by Crippen LogP contribution is -2.43. The zero-order valence-corrected chi connectivity index (χ0v) is 13.8. The highest BCUT2D eigenvalue weighted by molar-refractivity contribution is 5.98. The van der Waals surface area contributed by atoms with Gasteiger partial charge in [0.15, 0.2) is 0 Å². The third kappa shape index (κ3) is 4.48. The lowest BCUT2D eigenvalue weighted by Gasteiger charge is -2.18. The molecule has 1 amide bonds. The zero-order valence-electron chi connectivity index (χ0n) is 13.8. The molecule has 6 nitrogen and oxygen atoms in total. The maximum absolute atomic E-state index is 12.4. The summed E-state index contributed by atoms with van der Waals surface area (Å²) < 4.78 is 5.48.